The quantitative estimate of drug-likeness (QED) is 0.768. The average Bonchev–Trinajstić information content (AvgIpc) is 2.53. The minimum Gasteiger partial charge on any atom is -0.497 e. The number of aromatic nitrogens is 1. The molecule has 5 nitrogen and oxygen atoms in total. The number of hydrogen-bond acceptors (Lipinski definition) is 4. The van der Waals surface area contributed by atoms with Gasteiger partial charge in [-0.2, -0.15) is 4.73 Å². The first-order valence-electron chi connectivity index (χ1n) is 6.29. The van der Waals surface area contributed by atoms with Crippen LogP contribution in [0.5, 0.6) is 11.5 Å². The second-order valence-corrected chi connectivity index (χ2v) is 4.54. The fraction of sp³-hybridized carbons (Fsp3) is 0.267. The topological polar surface area (TPSA) is 49.7 Å². The van der Waals surface area contributed by atoms with Crippen molar-refractivity contribution < 1.29 is 14.3 Å². The minimum atomic E-state index is -0.229. The van der Waals surface area contributed by atoms with E-state index in [1.165, 1.54) is 24.1 Å². The third-order valence-electron chi connectivity index (χ3n) is 2.95. The number of alkyl halides is 1. The van der Waals surface area contributed by atoms with E-state index in [0.29, 0.717) is 5.69 Å². The molecule has 0 fully saturated rings. The summed E-state index contributed by atoms with van der Waals surface area (Å²) in [7, 11) is 3.10. The van der Waals surface area contributed by atoms with Crippen molar-refractivity contribution >= 4 is 11.6 Å². The highest BCUT2D eigenvalue weighted by Gasteiger charge is 2.08. The zero-order chi connectivity index (χ0) is 15.2. The molecule has 0 amide bonds. The van der Waals surface area contributed by atoms with Gasteiger partial charge in [-0.15, -0.1) is 11.6 Å². The number of rotatable bonds is 6. The van der Waals surface area contributed by atoms with E-state index in [0.717, 1.165) is 11.3 Å². The van der Waals surface area contributed by atoms with Crippen LogP contribution in [0.1, 0.15) is 11.3 Å². The number of methoxy groups -OCH3 is 1. The van der Waals surface area contributed by atoms with Crippen LogP contribution in [0.25, 0.3) is 0 Å². The van der Waals surface area contributed by atoms with Gasteiger partial charge in [0.15, 0.2) is 5.75 Å². The summed E-state index contributed by atoms with van der Waals surface area (Å²) in [5, 5.41) is 0. The van der Waals surface area contributed by atoms with Crippen molar-refractivity contribution in [1.29, 1.82) is 0 Å². The summed E-state index contributed by atoms with van der Waals surface area (Å²) in [6.45, 7) is 0.281. The summed E-state index contributed by atoms with van der Waals surface area (Å²) in [6.07, 6.45) is 1.49. The van der Waals surface area contributed by atoms with E-state index in [2.05, 4.69) is 0 Å². The zero-order valence-corrected chi connectivity index (χ0v) is 12.6. The highest BCUT2D eigenvalue weighted by atomic mass is 35.5. The SMILES string of the molecule is COc1ccc(COc2cn(OC)c(CCl)cc2=O)cc1. The molecule has 0 radical (unpaired) electrons. The molecule has 2 aromatic rings. The van der Waals surface area contributed by atoms with E-state index in [-0.39, 0.29) is 23.7 Å². The molecule has 21 heavy (non-hydrogen) atoms. The van der Waals surface area contributed by atoms with Gasteiger partial charge < -0.3 is 14.3 Å². The molecule has 0 unspecified atom stereocenters. The molecule has 0 spiro atoms. The van der Waals surface area contributed by atoms with Crippen LogP contribution in [0.15, 0.2) is 41.3 Å². The number of nitrogens with zero attached hydrogens (tertiary/aromatic N) is 1. The van der Waals surface area contributed by atoms with Crippen LogP contribution in [0.3, 0.4) is 0 Å². The van der Waals surface area contributed by atoms with E-state index in [9.17, 15) is 4.79 Å². The Kier molecular flexibility index (Phi) is 5.11. The molecule has 0 N–H and O–H groups in total. The molecule has 1 heterocycles. The van der Waals surface area contributed by atoms with Crippen LogP contribution < -0.4 is 19.7 Å². The van der Waals surface area contributed by atoms with Crippen molar-refractivity contribution in [2.45, 2.75) is 12.5 Å². The lowest BCUT2D eigenvalue weighted by Gasteiger charge is -2.12. The Morgan fingerprint density at radius 3 is 2.48 bits per heavy atom. The summed E-state index contributed by atoms with van der Waals surface area (Å²) >= 11 is 5.74. The number of pyridine rings is 1. The Labute approximate surface area is 127 Å². The van der Waals surface area contributed by atoms with Crippen molar-refractivity contribution in [2.75, 3.05) is 14.2 Å². The van der Waals surface area contributed by atoms with Crippen molar-refractivity contribution in [3.8, 4) is 11.5 Å². The van der Waals surface area contributed by atoms with Crippen LogP contribution >= 0.6 is 11.6 Å². The van der Waals surface area contributed by atoms with Crippen LogP contribution in [0.4, 0.5) is 0 Å². The Balaban J connectivity index is 2.13. The molecule has 112 valence electrons. The van der Waals surface area contributed by atoms with Gasteiger partial charge in [-0.3, -0.25) is 4.79 Å². The maximum absolute atomic E-state index is 11.9. The van der Waals surface area contributed by atoms with Gasteiger partial charge in [0.05, 0.1) is 24.9 Å². The smallest absolute Gasteiger partial charge is 0.223 e. The lowest BCUT2D eigenvalue weighted by Crippen LogP contribution is -2.18. The van der Waals surface area contributed by atoms with Crippen molar-refractivity contribution in [1.82, 2.24) is 4.73 Å². The van der Waals surface area contributed by atoms with Crippen LogP contribution in [-0.4, -0.2) is 19.0 Å². The van der Waals surface area contributed by atoms with E-state index in [4.69, 9.17) is 25.9 Å². The van der Waals surface area contributed by atoms with Gasteiger partial charge in [0, 0.05) is 6.07 Å². The lowest BCUT2D eigenvalue weighted by atomic mass is 10.2. The molecule has 0 saturated heterocycles. The molecule has 0 bridgehead atoms. The Morgan fingerprint density at radius 1 is 1.19 bits per heavy atom. The van der Waals surface area contributed by atoms with Crippen molar-refractivity contribution in [2.24, 2.45) is 0 Å². The van der Waals surface area contributed by atoms with Gasteiger partial charge in [-0.1, -0.05) is 12.1 Å². The first-order valence-corrected chi connectivity index (χ1v) is 6.83. The standard InChI is InChI=1S/C15H16ClNO4/c1-19-13-5-3-11(4-6-13)10-21-15-9-17(20-2)12(8-16)7-14(15)18/h3-7,9H,8,10H2,1-2H3. The molecular weight excluding hydrogens is 294 g/mol. The predicted octanol–water partition coefficient (Wildman–Crippen LogP) is 2.23. The first kappa shape index (κ1) is 15.3. The van der Waals surface area contributed by atoms with E-state index in [1.807, 2.05) is 24.3 Å². The molecule has 0 aliphatic heterocycles. The monoisotopic (exact) mass is 309 g/mol. The number of benzene rings is 1. The molecule has 1 aromatic carbocycles. The molecule has 2 rings (SSSR count). The van der Waals surface area contributed by atoms with Crippen LogP contribution in [0.2, 0.25) is 0 Å². The van der Waals surface area contributed by atoms with Gasteiger partial charge in [0.2, 0.25) is 5.43 Å². The van der Waals surface area contributed by atoms with Gasteiger partial charge in [-0.25, -0.2) is 0 Å². The highest BCUT2D eigenvalue weighted by Crippen LogP contribution is 2.14. The molecule has 0 saturated carbocycles. The minimum absolute atomic E-state index is 0.182. The molecule has 0 aliphatic rings. The molecular formula is C15H16ClNO4. The average molecular weight is 310 g/mol. The Bertz CT molecular complexity index is 652. The molecule has 0 atom stereocenters. The number of halogens is 1. The van der Waals surface area contributed by atoms with E-state index < -0.39 is 0 Å². The summed E-state index contributed by atoms with van der Waals surface area (Å²) in [6, 6.07) is 8.83. The Morgan fingerprint density at radius 2 is 1.90 bits per heavy atom. The maximum atomic E-state index is 11.9. The van der Waals surface area contributed by atoms with E-state index >= 15 is 0 Å². The van der Waals surface area contributed by atoms with Gasteiger partial charge in [0.25, 0.3) is 0 Å². The van der Waals surface area contributed by atoms with Crippen molar-refractivity contribution in [3.63, 3.8) is 0 Å². The number of ether oxygens (including phenoxy) is 2. The third-order valence-corrected chi connectivity index (χ3v) is 3.22. The summed E-state index contributed by atoms with van der Waals surface area (Å²) in [4.78, 5) is 17.0. The van der Waals surface area contributed by atoms with Gasteiger partial charge in [-0.05, 0) is 17.7 Å². The first-order chi connectivity index (χ1) is 10.2. The van der Waals surface area contributed by atoms with Crippen LogP contribution in [-0.2, 0) is 12.5 Å². The predicted molar refractivity (Wildman–Crippen MR) is 80.1 cm³/mol. The summed E-state index contributed by atoms with van der Waals surface area (Å²) < 4.78 is 12.0. The maximum Gasteiger partial charge on any atom is 0.223 e. The fourth-order valence-corrected chi connectivity index (χ4v) is 1.99. The third kappa shape index (κ3) is 3.70. The zero-order valence-electron chi connectivity index (χ0n) is 11.8. The molecule has 0 aliphatic carbocycles. The lowest BCUT2D eigenvalue weighted by molar-refractivity contribution is 0.154. The number of hydrogen-bond donors (Lipinski definition) is 0. The largest absolute Gasteiger partial charge is 0.497 e. The molecule has 6 heteroatoms. The van der Waals surface area contributed by atoms with Gasteiger partial charge >= 0.3 is 0 Å². The normalized spacial score (nSPS) is 10.2. The second-order valence-electron chi connectivity index (χ2n) is 4.27. The molecule has 1 aromatic heterocycles. The fourth-order valence-electron chi connectivity index (χ4n) is 1.80. The highest BCUT2D eigenvalue weighted by molar-refractivity contribution is 6.16. The van der Waals surface area contributed by atoms with Crippen molar-refractivity contribution in [3.05, 3.63) is 58.0 Å². The Hall–Kier alpha value is -2.14. The van der Waals surface area contributed by atoms with Gasteiger partial charge in [0.1, 0.15) is 19.5 Å². The van der Waals surface area contributed by atoms with Crippen LogP contribution in [0, 0.1) is 0 Å². The second kappa shape index (κ2) is 7.04. The van der Waals surface area contributed by atoms with E-state index in [1.54, 1.807) is 7.11 Å². The summed E-state index contributed by atoms with van der Waals surface area (Å²) in [5.41, 5.74) is 1.27. The summed E-state index contributed by atoms with van der Waals surface area (Å²) in [5.74, 6) is 1.16.